The SMILES string of the molecule is CNc1cc(-c2cnc(C(=O)Nc3cccc(F)c3N3CCC(CN)CC3)[nH]2)ccn1. The maximum Gasteiger partial charge on any atom is 0.291 e. The van der Waals surface area contributed by atoms with Gasteiger partial charge in [0.15, 0.2) is 5.82 Å². The summed E-state index contributed by atoms with van der Waals surface area (Å²) in [5.41, 5.74) is 8.14. The molecule has 31 heavy (non-hydrogen) atoms. The Kier molecular flexibility index (Phi) is 6.13. The Bertz CT molecular complexity index is 1060. The van der Waals surface area contributed by atoms with Gasteiger partial charge in [-0.1, -0.05) is 6.07 Å². The molecule has 0 spiro atoms. The van der Waals surface area contributed by atoms with Crippen molar-refractivity contribution < 1.29 is 9.18 Å². The molecule has 1 fully saturated rings. The van der Waals surface area contributed by atoms with Crippen LogP contribution in [0.15, 0.2) is 42.7 Å². The van der Waals surface area contributed by atoms with Crippen LogP contribution in [-0.2, 0) is 0 Å². The van der Waals surface area contributed by atoms with Gasteiger partial charge in [0, 0.05) is 31.9 Å². The third kappa shape index (κ3) is 4.51. The number of halogens is 1. The molecule has 1 aliphatic heterocycles. The Hall–Kier alpha value is -3.46. The van der Waals surface area contributed by atoms with E-state index in [1.165, 1.54) is 6.07 Å². The molecule has 1 aromatic carbocycles. The number of piperidine rings is 1. The van der Waals surface area contributed by atoms with Crippen molar-refractivity contribution in [3.05, 3.63) is 54.4 Å². The molecule has 9 heteroatoms. The number of anilines is 3. The molecule has 1 aliphatic rings. The molecule has 0 aliphatic carbocycles. The second kappa shape index (κ2) is 9.13. The predicted octanol–water partition coefficient (Wildman–Crippen LogP) is 3.08. The van der Waals surface area contributed by atoms with Crippen molar-refractivity contribution in [2.45, 2.75) is 12.8 Å². The Morgan fingerprint density at radius 1 is 1.29 bits per heavy atom. The number of aromatic nitrogens is 3. The lowest BCUT2D eigenvalue weighted by Gasteiger charge is -2.34. The normalized spacial score (nSPS) is 14.5. The Balaban J connectivity index is 1.53. The molecule has 1 saturated heterocycles. The average Bonchev–Trinajstić information content (AvgIpc) is 3.30. The van der Waals surface area contributed by atoms with Crippen LogP contribution in [0.5, 0.6) is 0 Å². The summed E-state index contributed by atoms with van der Waals surface area (Å²) < 4.78 is 14.7. The second-order valence-corrected chi connectivity index (χ2v) is 7.58. The lowest BCUT2D eigenvalue weighted by molar-refractivity contribution is 0.101. The highest BCUT2D eigenvalue weighted by Gasteiger charge is 2.24. The number of aromatic amines is 1. The van der Waals surface area contributed by atoms with Crippen LogP contribution >= 0.6 is 0 Å². The van der Waals surface area contributed by atoms with E-state index in [0.717, 1.165) is 18.4 Å². The van der Waals surface area contributed by atoms with Crippen molar-refractivity contribution in [2.75, 3.05) is 42.2 Å². The van der Waals surface area contributed by atoms with Gasteiger partial charge in [-0.15, -0.1) is 0 Å². The summed E-state index contributed by atoms with van der Waals surface area (Å²) >= 11 is 0. The zero-order valence-corrected chi connectivity index (χ0v) is 17.4. The van der Waals surface area contributed by atoms with Crippen molar-refractivity contribution in [2.24, 2.45) is 11.7 Å². The number of pyridine rings is 1. The van der Waals surface area contributed by atoms with Gasteiger partial charge in [0.2, 0.25) is 0 Å². The number of hydrogen-bond donors (Lipinski definition) is 4. The van der Waals surface area contributed by atoms with Crippen molar-refractivity contribution >= 4 is 23.1 Å². The maximum absolute atomic E-state index is 14.7. The predicted molar refractivity (Wildman–Crippen MR) is 120 cm³/mol. The third-order valence-corrected chi connectivity index (χ3v) is 5.62. The summed E-state index contributed by atoms with van der Waals surface area (Å²) in [6.07, 6.45) is 5.07. The van der Waals surface area contributed by atoms with E-state index in [0.29, 0.717) is 48.4 Å². The first-order chi connectivity index (χ1) is 15.1. The van der Waals surface area contributed by atoms with Gasteiger partial charge in [-0.3, -0.25) is 4.79 Å². The number of nitrogens with two attached hydrogens (primary N) is 1. The van der Waals surface area contributed by atoms with Gasteiger partial charge >= 0.3 is 0 Å². The van der Waals surface area contributed by atoms with E-state index in [1.54, 1.807) is 31.6 Å². The number of hydrogen-bond acceptors (Lipinski definition) is 6. The summed E-state index contributed by atoms with van der Waals surface area (Å²) in [5.74, 6) is 0.522. The molecule has 2 aromatic heterocycles. The summed E-state index contributed by atoms with van der Waals surface area (Å²) in [4.78, 5) is 26.2. The van der Waals surface area contributed by atoms with Gasteiger partial charge in [0.1, 0.15) is 11.6 Å². The highest BCUT2D eigenvalue weighted by atomic mass is 19.1. The Labute approximate surface area is 180 Å². The average molecular weight is 423 g/mol. The Morgan fingerprint density at radius 3 is 2.84 bits per heavy atom. The van der Waals surface area contributed by atoms with Crippen molar-refractivity contribution in [1.29, 1.82) is 0 Å². The molecule has 162 valence electrons. The number of carbonyl (C=O) groups excluding carboxylic acids is 1. The van der Waals surface area contributed by atoms with Crippen LogP contribution in [0.3, 0.4) is 0 Å². The van der Waals surface area contributed by atoms with Crippen LogP contribution in [0.25, 0.3) is 11.3 Å². The van der Waals surface area contributed by atoms with E-state index in [2.05, 4.69) is 25.6 Å². The van der Waals surface area contributed by atoms with E-state index < -0.39 is 5.91 Å². The number of H-pyrrole nitrogens is 1. The number of rotatable bonds is 6. The van der Waals surface area contributed by atoms with Gasteiger partial charge in [-0.05, 0) is 49.6 Å². The van der Waals surface area contributed by atoms with Crippen LogP contribution in [0.2, 0.25) is 0 Å². The number of benzene rings is 1. The van der Waals surface area contributed by atoms with Crippen molar-refractivity contribution in [1.82, 2.24) is 15.0 Å². The first-order valence-electron chi connectivity index (χ1n) is 10.3. The molecule has 0 atom stereocenters. The molecule has 3 heterocycles. The van der Waals surface area contributed by atoms with Gasteiger partial charge < -0.3 is 26.3 Å². The highest BCUT2D eigenvalue weighted by Crippen LogP contribution is 2.32. The standard InChI is InChI=1S/C22H26FN7O/c1-25-19-11-15(5-8-26-19)18-13-27-21(28-18)22(31)29-17-4-2-3-16(23)20(17)30-9-6-14(12-24)7-10-30/h2-5,8,11,13-14H,6-7,9-10,12,24H2,1H3,(H,25,26)(H,27,28)(H,29,31). The summed E-state index contributed by atoms with van der Waals surface area (Å²) in [6, 6.07) is 8.38. The van der Waals surface area contributed by atoms with Gasteiger partial charge in [-0.25, -0.2) is 14.4 Å². The number of carbonyl (C=O) groups is 1. The summed E-state index contributed by atoms with van der Waals surface area (Å²) in [6.45, 7) is 2.04. The molecular weight excluding hydrogens is 397 g/mol. The largest absolute Gasteiger partial charge is 0.373 e. The Morgan fingerprint density at radius 2 is 2.10 bits per heavy atom. The van der Waals surface area contributed by atoms with E-state index in [-0.39, 0.29) is 11.6 Å². The minimum atomic E-state index is -0.433. The zero-order chi connectivity index (χ0) is 21.8. The zero-order valence-electron chi connectivity index (χ0n) is 17.4. The molecule has 0 bridgehead atoms. The summed E-state index contributed by atoms with van der Waals surface area (Å²) in [5, 5.41) is 5.79. The number of para-hydroxylation sites is 1. The molecule has 0 saturated carbocycles. The molecule has 0 unspecified atom stereocenters. The van der Waals surface area contributed by atoms with Crippen LogP contribution in [0, 0.1) is 11.7 Å². The minimum absolute atomic E-state index is 0.148. The fourth-order valence-corrected chi connectivity index (χ4v) is 3.83. The minimum Gasteiger partial charge on any atom is -0.373 e. The highest BCUT2D eigenvalue weighted by molar-refractivity contribution is 6.04. The number of nitrogens with zero attached hydrogens (tertiary/aromatic N) is 3. The van der Waals surface area contributed by atoms with Crippen molar-refractivity contribution in [3.8, 4) is 11.3 Å². The molecule has 8 nitrogen and oxygen atoms in total. The molecule has 3 aromatic rings. The van der Waals surface area contributed by atoms with Crippen LogP contribution < -0.4 is 21.3 Å². The summed E-state index contributed by atoms with van der Waals surface area (Å²) in [7, 11) is 1.78. The number of amides is 1. The van der Waals surface area contributed by atoms with E-state index in [1.807, 2.05) is 17.0 Å². The number of nitrogens with one attached hydrogen (secondary N) is 3. The monoisotopic (exact) mass is 423 g/mol. The molecule has 4 rings (SSSR count). The molecule has 0 radical (unpaired) electrons. The van der Waals surface area contributed by atoms with E-state index in [9.17, 15) is 9.18 Å². The first kappa shape index (κ1) is 20.8. The maximum atomic E-state index is 14.7. The van der Waals surface area contributed by atoms with Crippen LogP contribution in [0.1, 0.15) is 23.5 Å². The van der Waals surface area contributed by atoms with Crippen LogP contribution in [-0.4, -0.2) is 47.5 Å². The third-order valence-electron chi connectivity index (χ3n) is 5.62. The lowest BCUT2D eigenvalue weighted by atomic mass is 9.96. The first-order valence-corrected chi connectivity index (χ1v) is 10.3. The number of imidazole rings is 1. The lowest BCUT2D eigenvalue weighted by Crippen LogP contribution is -2.37. The van der Waals surface area contributed by atoms with Crippen molar-refractivity contribution in [3.63, 3.8) is 0 Å². The fourth-order valence-electron chi connectivity index (χ4n) is 3.83. The quantitative estimate of drug-likeness (QED) is 0.485. The molecule has 1 amide bonds. The van der Waals surface area contributed by atoms with E-state index in [4.69, 9.17) is 5.73 Å². The van der Waals surface area contributed by atoms with Gasteiger partial charge in [0.25, 0.3) is 5.91 Å². The van der Waals surface area contributed by atoms with E-state index >= 15 is 0 Å². The molecular formula is C22H26FN7O. The molecule has 5 N–H and O–H groups in total. The smallest absolute Gasteiger partial charge is 0.291 e. The van der Waals surface area contributed by atoms with Gasteiger partial charge in [0.05, 0.1) is 23.3 Å². The van der Waals surface area contributed by atoms with Crippen LogP contribution in [0.4, 0.5) is 21.6 Å². The fraction of sp³-hybridized carbons (Fsp3) is 0.318. The van der Waals surface area contributed by atoms with Gasteiger partial charge in [-0.2, -0.15) is 0 Å². The second-order valence-electron chi connectivity index (χ2n) is 7.58. The topological polar surface area (TPSA) is 112 Å².